The molecule has 0 radical (unpaired) electrons. The molecule has 0 aliphatic heterocycles. The molecule has 2 aromatic rings. The number of fused-ring (bicyclic) bond motifs is 1. The summed E-state index contributed by atoms with van der Waals surface area (Å²) in [5, 5.41) is 9.07. The maximum atomic E-state index is 14.7. The number of hydrogen-bond acceptors (Lipinski definition) is 2. The molecule has 0 N–H and O–H groups in total. The summed E-state index contributed by atoms with van der Waals surface area (Å²) < 4.78 is 21.2. The lowest BCUT2D eigenvalue weighted by atomic mass is 9.71. The minimum Gasteiger partial charge on any atom is -0.482 e. The number of rotatable bonds is 6. The van der Waals surface area contributed by atoms with Gasteiger partial charge < -0.3 is 4.74 Å². The van der Waals surface area contributed by atoms with Crippen LogP contribution in [0.1, 0.15) is 87.5 Å². The predicted molar refractivity (Wildman–Crippen MR) is 122 cm³/mol. The molecule has 0 amide bonds. The zero-order valence-corrected chi connectivity index (χ0v) is 18.7. The van der Waals surface area contributed by atoms with Gasteiger partial charge in [0.15, 0.2) is 11.6 Å². The Morgan fingerprint density at radius 2 is 1.94 bits per heavy atom. The Kier molecular flexibility index (Phi) is 7.28. The second-order valence-electron chi connectivity index (χ2n) is 9.49. The number of hydrogen-bond donors (Lipinski definition) is 0. The number of aryl methyl sites for hydroxylation is 1. The Bertz CT molecular complexity index is 917. The first kappa shape index (κ1) is 21.9. The van der Waals surface area contributed by atoms with Crippen LogP contribution in [-0.4, -0.2) is 0 Å². The van der Waals surface area contributed by atoms with Crippen LogP contribution in [0.3, 0.4) is 0 Å². The molecule has 164 valence electrons. The Morgan fingerprint density at radius 1 is 1.10 bits per heavy atom. The predicted octanol–water partition coefficient (Wildman–Crippen LogP) is 7.77. The number of unbranched alkanes of at least 4 members (excludes halogenated alkanes) is 1. The smallest absolute Gasteiger partial charge is 0.166 e. The van der Waals surface area contributed by atoms with Gasteiger partial charge in [-0.3, -0.25) is 0 Å². The lowest BCUT2D eigenvalue weighted by Gasteiger charge is -2.39. The maximum absolute atomic E-state index is 14.7. The van der Waals surface area contributed by atoms with Gasteiger partial charge in [-0.1, -0.05) is 76.1 Å². The minimum absolute atomic E-state index is 0.123. The van der Waals surface area contributed by atoms with Crippen LogP contribution in [0, 0.1) is 34.9 Å². The van der Waals surface area contributed by atoms with E-state index in [0.29, 0.717) is 17.4 Å². The molecule has 2 aliphatic carbocycles. The molecule has 0 spiro atoms. The van der Waals surface area contributed by atoms with Crippen LogP contribution in [0.4, 0.5) is 4.39 Å². The number of ether oxygens (including phenoxy) is 1. The van der Waals surface area contributed by atoms with Crippen molar-refractivity contribution in [2.45, 2.75) is 77.2 Å². The molecular weight excluding hydrogens is 385 g/mol. The van der Waals surface area contributed by atoms with E-state index in [9.17, 15) is 4.39 Å². The first-order valence-corrected chi connectivity index (χ1v) is 12.1. The number of benzene rings is 2. The van der Waals surface area contributed by atoms with E-state index >= 15 is 0 Å². The average Bonchev–Trinajstić information content (AvgIpc) is 3.04. The third-order valence-corrected chi connectivity index (χ3v) is 7.46. The highest BCUT2D eigenvalue weighted by Crippen LogP contribution is 2.47. The Labute approximate surface area is 186 Å². The second kappa shape index (κ2) is 10.3. The summed E-state index contributed by atoms with van der Waals surface area (Å²) >= 11 is 0. The molecule has 4 atom stereocenters. The van der Waals surface area contributed by atoms with E-state index in [2.05, 4.69) is 31.2 Å². The highest BCUT2D eigenvalue weighted by Gasteiger charge is 2.38. The summed E-state index contributed by atoms with van der Waals surface area (Å²) in [4.78, 5) is 0. The lowest BCUT2D eigenvalue weighted by molar-refractivity contribution is 0.0636. The SMILES string of the molecule is CCCCC1CCCCC(C2CCc3ccccc3C2Oc2ccc(C#N)cc2F)C1. The van der Waals surface area contributed by atoms with E-state index in [0.717, 1.165) is 18.8 Å². The lowest BCUT2D eigenvalue weighted by Crippen LogP contribution is -2.31. The summed E-state index contributed by atoms with van der Waals surface area (Å²) in [6.07, 6.45) is 12.5. The number of halogens is 1. The molecule has 1 fully saturated rings. The van der Waals surface area contributed by atoms with Crippen LogP contribution in [0.2, 0.25) is 0 Å². The van der Waals surface area contributed by atoms with E-state index in [1.54, 1.807) is 12.1 Å². The Morgan fingerprint density at radius 3 is 2.74 bits per heavy atom. The van der Waals surface area contributed by atoms with Gasteiger partial charge in [-0.2, -0.15) is 5.26 Å². The quantitative estimate of drug-likeness (QED) is 0.448. The summed E-state index contributed by atoms with van der Waals surface area (Å²) in [6.45, 7) is 2.28. The first-order valence-electron chi connectivity index (χ1n) is 12.1. The van der Waals surface area contributed by atoms with E-state index in [1.807, 2.05) is 6.07 Å². The normalized spacial score (nSPS) is 25.8. The molecular formula is C28H34FNO. The highest BCUT2D eigenvalue weighted by molar-refractivity contribution is 5.38. The number of nitrogens with zero attached hydrogens (tertiary/aromatic N) is 1. The van der Waals surface area contributed by atoms with Crippen LogP contribution < -0.4 is 4.74 Å². The summed E-state index contributed by atoms with van der Waals surface area (Å²) in [5.74, 6) is 1.68. The van der Waals surface area contributed by atoms with Crippen LogP contribution >= 0.6 is 0 Å². The Hall–Kier alpha value is -2.34. The molecule has 2 aromatic carbocycles. The largest absolute Gasteiger partial charge is 0.482 e. The summed E-state index contributed by atoms with van der Waals surface area (Å²) in [7, 11) is 0. The van der Waals surface area contributed by atoms with Gasteiger partial charge >= 0.3 is 0 Å². The maximum Gasteiger partial charge on any atom is 0.166 e. The fourth-order valence-electron chi connectivity index (χ4n) is 5.83. The van der Waals surface area contributed by atoms with Gasteiger partial charge in [0.1, 0.15) is 6.10 Å². The Balaban J connectivity index is 1.62. The highest BCUT2D eigenvalue weighted by atomic mass is 19.1. The van der Waals surface area contributed by atoms with Gasteiger partial charge in [0.2, 0.25) is 0 Å². The fourth-order valence-corrected chi connectivity index (χ4v) is 5.83. The van der Waals surface area contributed by atoms with Crippen molar-refractivity contribution in [2.24, 2.45) is 17.8 Å². The molecule has 0 bridgehead atoms. The zero-order valence-electron chi connectivity index (χ0n) is 18.7. The molecule has 0 saturated heterocycles. The monoisotopic (exact) mass is 419 g/mol. The van der Waals surface area contributed by atoms with Gasteiger partial charge in [0, 0.05) is 5.92 Å². The van der Waals surface area contributed by atoms with Crippen molar-refractivity contribution in [2.75, 3.05) is 0 Å². The molecule has 2 nitrogen and oxygen atoms in total. The van der Waals surface area contributed by atoms with Gasteiger partial charge in [-0.05, 0) is 60.4 Å². The third-order valence-electron chi connectivity index (χ3n) is 7.46. The molecule has 0 aromatic heterocycles. The van der Waals surface area contributed by atoms with E-state index < -0.39 is 5.82 Å². The fraction of sp³-hybridized carbons (Fsp3) is 0.536. The van der Waals surface area contributed by atoms with Crippen molar-refractivity contribution in [3.05, 3.63) is 65.0 Å². The average molecular weight is 420 g/mol. The van der Waals surface area contributed by atoms with Crippen molar-refractivity contribution in [1.82, 2.24) is 0 Å². The van der Waals surface area contributed by atoms with Gasteiger partial charge in [-0.25, -0.2) is 4.39 Å². The second-order valence-corrected chi connectivity index (χ2v) is 9.49. The van der Waals surface area contributed by atoms with Gasteiger partial charge in [0.25, 0.3) is 0 Å². The summed E-state index contributed by atoms with van der Waals surface area (Å²) in [6, 6.07) is 15.1. The van der Waals surface area contributed by atoms with Crippen molar-refractivity contribution in [1.29, 1.82) is 5.26 Å². The molecule has 1 saturated carbocycles. The van der Waals surface area contributed by atoms with Crippen molar-refractivity contribution >= 4 is 0 Å². The third kappa shape index (κ3) is 5.12. The van der Waals surface area contributed by atoms with Crippen molar-refractivity contribution in [3.8, 4) is 11.8 Å². The van der Waals surface area contributed by atoms with Crippen LogP contribution in [-0.2, 0) is 6.42 Å². The zero-order chi connectivity index (χ0) is 21.6. The van der Waals surface area contributed by atoms with E-state index in [-0.39, 0.29) is 11.9 Å². The van der Waals surface area contributed by atoms with Crippen LogP contribution in [0.25, 0.3) is 0 Å². The number of nitriles is 1. The van der Waals surface area contributed by atoms with Gasteiger partial charge in [-0.15, -0.1) is 0 Å². The molecule has 4 rings (SSSR count). The minimum atomic E-state index is -0.442. The van der Waals surface area contributed by atoms with Crippen LogP contribution in [0.15, 0.2) is 42.5 Å². The van der Waals surface area contributed by atoms with Gasteiger partial charge in [0.05, 0.1) is 11.6 Å². The topological polar surface area (TPSA) is 33.0 Å². The van der Waals surface area contributed by atoms with Crippen molar-refractivity contribution in [3.63, 3.8) is 0 Å². The molecule has 0 heterocycles. The van der Waals surface area contributed by atoms with E-state index in [1.165, 1.54) is 68.6 Å². The molecule has 4 unspecified atom stereocenters. The molecule has 2 aliphatic rings. The molecule has 31 heavy (non-hydrogen) atoms. The van der Waals surface area contributed by atoms with E-state index in [4.69, 9.17) is 10.00 Å². The standard InChI is InChI=1S/C28H34FNO/c1-2-3-8-20-9-4-5-11-23(17-20)25-15-14-22-10-6-7-12-24(22)28(25)31-27-16-13-21(19-30)18-26(27)29/h6-7,10,12-13,16,18,20,23,25,28H,2-5,8-9,11,14-15,17H2,1H3. The summed E-state index contributed by atoms with van der Waals surface area (Å²) in [5.41, 5.74) is 2.87. The van der Waals surface area contributed by atoms with Crippen molar-refractivity contribution < 1.29 is 9.13 Å². The molecule has 3 heteroatoms. The first-order chi connectivity index (χ1) is 15.2. The van der Waals surface area contributed by atoms with Crippen LogP contribution in [0.5, 0.6) is 5.75 Å².